The standard InChI is InChI=1S/C21H28N2O3/c1-5-25-18-13-11-17(12-14-18)15-23(4)16(3)21(24)22-19-9-7-8-10-20(19)26-6-2/h7-14,16H,5-6,15H2,1-4H3,(H,22,24)/t16-/m0/s1. The monoisotopic (exact) mass is 356 g/mol. The van der Waals surface area contributed by atoms with Gasteiger partial charge in [0.2, 0.25) is 5.91 Å². The topological polar surface area (TPSA) is 50.8 Å². The molecule has 0 saturated carbocycles. The van der Waals surface area contributed by atoms with Crippen molar-refractivity contribution in [2.24, 2.45) is 0 Å². The van der Waals surface area contributed by atoms with E-state index in [1.165, 1.54) is 0 Å². The molecule has 0 spiro atoms. The SMILES string of the molecule is CCOc1ccc(CN(C)[C@@H](C)C(=O)Nc2ccccc2OCC)cc1. The van der Waals surface area contributed by atoms with E-state index in [0.717, 1.165) is 11.3 Å². The van der Waals surface area contributed by atoms with Crippen molar-refractivity contribution in [1.82, 2.24) is 4.90 Å². The number of carbonyl (C=O) groups excluding carboxylic acids is 1. The van der Waals surface area contributed by atoms with Crippen molar-refractivity contribution in [2.45, 2.75) is 33.4 Å². The molecular formula is C21H28N2O3. The highest BCUT2D eigenvalue weighted by molar-refractivity contribution is 5.95. The smallest absolute Gasteiger partial charge is 0.241 e. The van der Waals surface area contributed by atoms with Crippen LogP contribution in [0.25, 0.3) is 0 Å². The van der Waals surface area contributed by atoms with E-state index in [0.29, 0.717) is 31.2 Å². The Morgan fingerprint density at radius 1 is 1.04 bits per heavy atom. The van der Waals surface area contributed by atoms with Crippen LogP contribution in [0.3, 0.4) is 0 Å². The Labute approximate surface area is 155 Å². The zero-order chi connectivity index (χ0) is 18.9. The molecule has 0 aliphatic heterocycles. The van der Waals surface area contributed by atoms with Gasteiger partial charge >= 0.3 is 0 Å². The first kappa shape index (κ1) is 19.8. The predicted octanol–water partition coefficient (Wildman–Crippen LogP) is 3.94. The van der Waals surface area contributed by atoms with E-state index in [-0.39, 0.29) is 11.9 Å². The number of carbonyl (C=O) groups is 1. The fourth-order valence-corrected chi connectivity index (χ4v) is 2.57. The van der Waals surface area contributed by atoms with Gasteiger partial charge in [0.05, 0.1) is 24.9 Å². The van der Waals surface area contributed by atoms with Crippen LogP contribution in [0.4, 0.5) is 5.69 Å². The lowest BCUT2D eigenvalue weighted by atomic mass is 10.1. The molecule has 2 rings (SSSR count). The van der Waals surface area contributed by atoms with Gasteiger partial charge in [-0.05, 0) is 57.6 Å². The number of rotatable bonds is 9. The highest BCUT2D eigenvalue weighted by atomic mass is 16.5. The summed E-state index contributed by atoms with van der Waals surface area (Å²) in [6.07, 6.45) is 0. The summed E-state index contributed by atoms with van der Waals surface area (Å²) in [4.78, 5) is 14.6. The van der Waals surface area contributed by atoms with Crippen LogP contribution in [0.5, 0.6) is 11.5 Å². The normalized spacial score (nSPS) is 11.9. The second-order valence-electron chi connectivity index (χ2n) is 6.09. The van der Waals surface area contributed by atoms with Crippen molar-refractivity contribution in [2.75, 3.05) is 25.6 Å². The first-order valence-electron chi connectivity index (χ1n) is 8.99. The summed E-state index contributed by atoms with van der Waals surface area (Å²) in [6.45, 7) is 7.67. The predicted molar refractivity (Wildman–Crippen MR) is 105 cm³/mol. The van der Waals surface area contributed by atoms with Gasteiger partial charge < -0.3 is 14.8 Å². The molecule has 0 saturated heterocycles. The van der Waals surface area contributed by atoms with Gasteiger partial charge in [0.25, 0.3) is 0 Å². The lowest BCUT2D eigenvalue weighted by Crippen LogP contribution is -2.39. The highest BCUT2D eigenvalue weighted by Crippen LogP contribution is 2.24. The second kappa shape index (κ2) is 9.82. The van der Waals surface area contributed by atoms with Gasteiger partial charge in [0, 0.05) is 6.54 Å². The van der Waals surface area contributed by atoms with Gasteiger partial charge in [0.1, 0.15) is 11.5 Å². The third-order valence-electron chi connectivity index (χ3n) is 4.15. The number of hydrogen-bond acceptors (Lipinski definition) is 4. The fourth-order valence-electron chi connectivity index (χ4n) is 2.57. The average Bonchev–Trinajstić information content (AvgIpc) is 2.64. The maximum Gasteiger partial charge on any atom is 0.241 e. The van der Waals surface area contributed by atoms with Gasteiger partial charge in [-0.3, -0.25) is 9.69 Å². The third kappa shape index (κ3) is 5.49. The van der Waals surface area contributed by atoms with E-state index in [9.17, 15) is 4.79 Å². The number of anilines is 1. The van der Waals surface area contributed by atoms with Crippen molar-refractivity contribution in [3.8, 4) is 11.5 Å². The van der Waals surface area contributed by atoms with Crippen LogP contribution in [0.15, 0.2) is 48.5 Å². The summed E-state index contributed by atoms with van der Waals surface area (Å²) in [5, 5.41) is 2.96. The van der Waals surface area contributed by atoms with Crippen LogP contribution in [-0.4, -0.2) is 37.1 Å². The summed E-state index contributed by atoms with van der Waals surface area (Å²) in [5.41, 5.74) is 1.82. The van der Waals surface area contributed by atoms with E-state index >= 15 is 0 Å². The molecule has 0 unspecified atom stereocenters. The van der Waals surface area contributed by atoms with Gasteiger partial charge in [-0.25, -0.2) is 0 Å². The molecule has 1 amide bonds. The van der Waals surface area contributed by atoms with Gasteiger partial charge in [-0.15, -0.1) is 0 Å². The molecule has 5 nitrogen and oxygen atoms in total. The van der Waals surface area contributed by atoms with Crippen LogP contribution in [0.2, 0.25) is 0 Å². The van der Waals surface area contributed by atoms with E-state index in [1.54, 1.807) is 0 Å². The molecular weight excluding hydrogens is 328 g/mol. The molecule has 5 heteroatoms. The van der Waals surface area contributed by atoms with Crippen molar-refractivity contribution >= 4 is 11.6 Å². The Kier molecular flexibility index (Phi) is 7.48. The van der Waals surface area contributed by atoms with Crippen molar-refractivity contribution in [3.63, 3.8) is 0 Å². The molecule has 0 aromatic heterocycles. The van der Waals surface area contributed by atoms with E-state index in [4.69, 9.17) is 9.47 Å². The number of amides is 1. The summed E-state index contributed by atoms with van der Waals surface area (Å²) >= 11 is 0. The zero-order valence-corrected chi connectivity index (χ0v) is 16.0. The lowest BCUT2D eigenvalue weighted by molar-refractivity contribution is -0.120. The van der Waals surface area contributed by atoms with Crippen LogP contribution < -0.4 is 14.8 Å². The van der Waals surface area contributed by atoms with Crippen molar-refractivity contribution < 1.29 is 14.3 Å². The first-order chi connectivity index (χ1) is 12.5. The maximum absolute atomic E-state index is 12.6. The largest absolute Gasteiger partial charge is 0.494 e. The minimum Gasteiger partial charge on any atom is -0.494 e. The molecule has 0 fully saturated rings. The molecule has 0 aliphatic rings. The molecule has 0 heterocycles. The number of para-hydroxylation sites is 2. The van der Waals surface area contributed by atoms with Crippen LogP contribution in [-0.2, 0) is 11.3 Å². The van der Waals surface area contributed by atoms with E-state index in [1.807, 2.05) is 81.2 Å². The molecule has 2 aromatic carbocycles. The van der Waals surface area contributed by atoms with Crippen LogP contribution >= 0.6 is 0 Å². The lowest BCUT2D eigenvalue weighted by Gasteiger charge is -2.24. The van der Waals surface area contributed by atoms with E-state index in [2.05, 4.69) is 5.32 Å². The molecule has 0 bridgehead atoms. The second-order valence-corrected chi connectivity index (χ2v) is 6.09. The number of nitrogens with one attached hydrogen (secondary N) is 1. The highest BCUT2D eigenvalue weighted by Gasteiger charge is 2.19. The number of hydrogen-bond donors (Lipinski definition) is 1. The minimum atomic E-state index is -0.281. The summed E-state index contributed by atoms with van der Waals surface area (Å²) in [5.74, 6) is 1.48. The molecule has 26 heavy (non-hydrogen) atoms. The summed E-state index contributed by atoms with van der Waals surface area (Å²) in [7, 11) is 1.94. The number of likely N-dealkylation sites (N-methyl/N-ethyl adjacent to an activating group) is 1. The van der Waals surface area contributed by atoms with Crippen molar-refractivity contribution in [3.05, 3.63) is 54.1 Å². The van der Waals surface area contributed by atoms with Crippen LogP contribution in [0, 0.1) is 0 Å². The molecule has 140 valence electrons. The molecule has 0 radical (unpaired) electrons. The first-order valence-corrected chi connectivity index (χ1v) is 8.99. The molecule has 0 aliphatic carbocycles. The molecule has 1 N–H and O–H groups in total. The summed E-state index contributed by atoms with van der Waals surface area (Å²) < 4.78 is 11.0. The van der Waals surface area contributed by atoms with Gasteiger partial charge in [0.15, 0.2) is 0 Å². The zero-order valence-electron chi connectivity index (χ0n) is 16.0. The number of ether oxygens (including phenoxy) is 2. The Hall–Kier alpha value is -2.53. The quantitative estimate of drug-likeness (QED) is 0.739. The molecule has 1 atom stereocenters. The minimum absolute atomic E-state index is 0.0643. The van der Waals surface area contributed by atoms with Gasteiger partial charge in [-0.2, -0.15) is 0 Å². The average molecular weight is 356 g/mol. The Morgan fingerprint density at radius 3 is 2.35 bits per heavy atom. The summed E-state index contributed by atoms with van der Waals surface area (Å²) in [6, 6.07) is 15.2. The van der Waals surface area contributed by atoms with Crippen molar-refractivity contribution in [1.29, 1.82) is 0 Å². The van der Waals surface area contributed by atoms with Gasteiger partial charge in [-0.1, -0.05) is 24.3 Å². The fraction of sp³-hybridized carbons (Fsp3) is 0.381. The maximum atomic E-state index is 12.6. The third-order valence-corrected chi connectivity index (χ3v) is 4.15. The van der Waals surface area contributed by atoms with Crippen LogP contribution in [0.1, 0.15) is 26.3 Å². The molecule has 2 aromatic rings. The Morgan fingerprint density at radius 2 is 1.69 bits per heavy atom. The van der Waals surface area contributed by atoms with E-state index < -0.39 is 0 Å². The Balaban J connectivity index is 1.96. The Bertz CT molecular complexity index is 701. The number of benzene rings is 2. The number of nitrogens with zero attached hydrogens (tertiary/aromatic N) is 1.